The summed E-state index contributed by atoms with van der Waals surface area (Å²) in [6.07, 6.45) is 4.28. The highest BCUT2D eigenvalue weighted by atomic mass is 16.5. The molecule has 0 aromatic rings. The first-order chi connectivity index (χ1) is 9.81. The number of likely N-dealkylation sites (N-methyl/N-ethyl adjacent to an activating group) is 1. The average molecular weight is 296 g/mol. The zero-order valence-corrected chi connectivity index (χ0v) is 13.3. The van der Waals surface area contributed by atoms with Crippen LogP contribution in [0.3, 0.4) is 0 Å². The van der Waals surface area contributed by atoms with E-state index in [4.69, 9.17) is 10.5 Å². The van der Waals surface area contributed by atoms with Gasteiger partial charge in [-0.15, -0.1) is 0 Å². The highest BCUT2D eigenvalue weighted by molar-refractivity contribution is 5.89. The number of hydrogen-bond acceptors (Lipinski definition) is 4. The molecular weight excluding hydrogens is 268 g/mol. The van der Waals surface area contributed by atoms with Crippen LogP contribution < -0.4 is 5.73 Å². The predicted octanol–water partition coefficient (Wildman–Crippen LogP) is 0.891. The Labute approximate surface area is 126 Å². The molecule has 0 aromatic carbocycles. The summed E-state index contributed by atoms with van der Waals surface area (Å²) < 4.78 is 5.76. The summed E-state index contributed by atoms with van der Waals surface area (Å²) in [6.45, 7) is 4.76. The van der Waals surface area contributed by atoms with Gasteiger partial charge in [-0.2, -0.15) is 0 Å². The van der Waals surface area contributed by atoms with Crippen LogP contribution >= 0.6 is 0 Å². The second-order valence-electron chi connectivity index (χ2n) is 7.61. The van der Waals surface area contributed by atoms with Gasteiger partial charge in [-0.1, -0.05) is 26.7 Å². The molecule has 0 aromatic heterocycles. The molecule has 5 heteroatoms. The summed E-state index contributed by atoms with van der Waals surface area (Å²) in [4.78, 5) is 14.8. The lowest BCUT2D eigenvalue weighted by atomic mass is 9.47. The zero-order chi connectivity index (χ0) is 15.4. The van der Waals surface area contributed by atoms with Crippen LogP contribution in [0.1, 0.15) is 46.0 Å². The molecule has 21 heavy (non-hydrogen) atoms. The van der Waals surface area contributed by atoms with Crippen LogP contribution in [0.2, 0.25) is 0 Å². The topological polar surface area (TPSA) is 75.8 Å². The van der Waals surface area contributed by atoms with Crippen LogP contribution in [0, 0.1) is 11.3 Å². The van der Waals surface area contributed by atoms with E-state index < -0.39 is 11.6 Å². The summed E-state index contributed by atoms with van der Waals surface area (Å²) in [7, 11) is 1.80. The number of carbonyl (C=O) groups is 1. The molecule has 3 fully saturated rings. The molecular formula is C16H28N2O3. The van der Waals surface area contributed by atoms with Crippen molar-refractivity contribution in [3.05, 3.63) is 0 Å². The average Bonchev–Trinajstić information content (AvgIpc) is 2.93. The Hall–Kier alpha value is -0.650. The first kappa shape index (κ1) is 15.3. The fraction of sp³-hybridized carbons (Fsp3) is 0.938. The summed E-state index contributed by atoms with van der Waals surface area (Å²) >= 11 is 0. The van der Waals surface area contributed by atoms with E-state index in [9.17, 15) is 9.90 Å². The largest absolute Gasteiger partial charge is 0.391 e. The molecule has 3 aliphatic rings. The molecule has 1 saturated heterocycles. The van der Waals surface area contributed by atoms with Crippen LogP contribution in [0.15, 0.2) is 0 Å². The summed E-state index contributed by atoms with van der Waals surface area (Å²) in [5.41, 5.74) is 5.40. The van der Waals surface area contributed by atoms with Crippen molar-refractivity contribution < 1.29 is 14.6 Å². The molecule has 0 radical (unpaired) electrons. The van der Waals surface area contributed by atoms with E-state index in [1.807, 2.05) is 13.8 Å². The standard InChI is InChI=1S/C16H28N2O3/c1-15(2)13-10(8-9-21-13)16(15,17)14(20)18(3)11-6-4-5-7-12(11)19/h10-13,19H,4-9,17H2,1-3H3. The maximum absolute atomic E-state index is 13.1. The minimum absolute atomic E-state index is 0.0230. The lowest BCUT2D eigenvalue weighted by molar-refractivity contribution is -0.187. The van der Waals surface area contributed by atoms with E-state index in [1.54, 1.807) is 11.9 Å². The number of aliphatic hydroxyl groups excluding tert-OH is 1. The van der Waals surface area contributed by atoms with E-state index in [0.29, 0.717) is 6.61 Å². The van der Waals surface area contributed by atoms with Gasteiger partial charge in [0.15, 0.2) is 0 Å². The monoisotopic (exact) mass is 296 g/mol. The van der Waals surface area contributed by atoms with Gasteiger partial charge in [0, 0.05) is 25.0 Å². The number of aliphatic hydroxyl groups is 1. The molecule has 1 heterocycles. The van der Waals surface area contributed by atoms with Gasteiger partial charge in [-0.3, -0.25) is 4.79 Å². The van der Waals surface area contributed by atoms with Gasteiger partial charge >= 0.3 is 0 Å². The minimum Gasteiger partial charge on any atom is -0.391 e. The van der Waals surface area contributed by atoms with Crippen molar-refractivity contribution in [3.63, 3.8) is 0 Å². The highest BCUT2D eigenvalue weighted by Crippen LogP contribution is 2.58. The molecule has 5 unspecified atom stereocenters. The maximum Gasteiger partial charge on any atom is 0.243 e. The van der Waals surface area contributed by atoms with E-state index in [2.05, 4.69) is 0 Å². The number of hydrogen-bond donors (Lipinski definition) is 2. The van der Waals surface area contributed by atoms with Gasteiger partial charge in [0.25, 0.3) is 0 Å². The van der Waals surface area contributed by atoms with Crippen molar-refractivity contribution in [1.29, 1.82) is 0 Å². The number of ether oxygens (including phenoxy) is 1. The number of fused-ring (bicyclic) bond motifs is 1. The molecule has 1 amide bonds. The Balaban J connectivity index is 1.80. The smallest absolute Gasteiger partial charge is 0.243 e. The number of nitrogens with two attached hydrogens (primary N) is 1. The normalized spacial score (nSPS) is 44.8. The van der Waals surface area contributed by atoms with E-state index in [-0.39, 0.29) is 29.4 Å². The molecule has 0 spiro atoms. The third kappa shape index (κ3) is 1.90. The Kier molecular flexibility index (Phi) is 3.58. The first-order valence-electron chi connectivity index (χ1n) is 8.17. The molecule has 2 saturated carbocycles. The predicted molar refractivity (Wildman–Crippen MR) is 79.6 cm³/mol. The minimum atomic E-state index is -0.861. The number of nitrogens with zero attached hydrogens (tertiary/aromatic N) is 1. The quantitative estimate of drug-likeness (QED) is 0.793. The molecule has 3 rings (SSSR count). The Morgan fingerprint density at radius 3 is 2.62 bits per heavy atom. The third-order valence-corrected chi connectivity index (χ3v) is 6.32. The van der Waals surface area contributed by atoms with Crippen LogP contribution in [0.4, 0.5) is 0 Å². The third-order valence-electron chi connectivity index (χ3n) is 6.32. The van der Waals surface area contributed by atoms with E-state index in [0.717, 1.165) is 32.1 Å². The number of amides is 1. The second-order valence-corrected chi connectivity index (χ2v) is 7.61. The van der Waals surface area contributed by atoms with Crippen LogP contribution in [0.25, 0.3) is 0 Å². The molecule has 1 aliphatic heterocycles. The first-order valence-corrected chi connectivity index (χ1v) is 8.17. The highest BCUT2D eigenvalue weighted by Gasteiger charge is 2.72. The van der Waals surface area contributed by atoms with E-state index >= 15 is 0 Å². The Morgan fingerprint density at radius 1 is 1.29 bits per heavy atom. The lowest BCUT2D eigenvalue weighted by Gasteiger charge is -2.62. The molecule has 5 nitrogen and oxygen atoms in total. The maximum atomic E-state index is 13.1. The molecule has 0 bridgehead atoms. The zero-order valence-electron chi connectivity index (χ0n) is 13.3. The van der Waals surface area contributed by atoms with Crippen LogP contribution in [-0.2, 0) is 9.53 Å². The SMILES string of the molecule is CN(C(=O)C1(N)C2CCOC2C1(C)C)C1CCCCC1O. The van der Waals surface area contributed by atoms with Gasteiger partial charge in [0.05, 0.1) is 18.2 Å². The van der Waals surface area contributed by atoms with Gasteiger partial charge in [0.2, 0.25) is 5.91 Å². The van der Waals surface area contributed by atoms with Crippen molar-refractivity contribution in [2.24, 2.45) is 17.1 Å². The van der Waals surface area contributed by atoms with Crippen molar-refractivity contribution in [3.8, 4) is 0 Å². The van der Waals surface area contributed by atoms with Crippen molar-refractivity contribution in [2.75, 3.05) is 13.7 Å². The van der Waals surface area contributed by atoms with Crippen molar-refractivity contribution in [2.45, 2.75) is 69.7 Å². The van der Waals surface area contributed by atoms with Crippen LogP contribution in [-0.4, -0.2) is 53.4 Å². The fourth-order valence-electron chi connectivity index (χ4n) is 4.80. The van der Waals surface area contributed by atoms with Crippen molar-refractivity contribution >= 4 is 5.91 Å². The summed E-state index contributed by atoms with van der Waals surface area (Å²) in [5.74, 6) is 0.0911. The van der Waals surface area contributed by atoms with Gasteiger partial charge in [-0.05, 0) is 19.3 Å². The molecule has 5 atom stereocenters. The van der Waals surface area contributed by atoms with E-state index in [1.165, 1.54) is 0 Å². The molecule has 3 N–H and O–H groups in total. The Morgan fingerprint density at radius 2 is 1.95 bits per heavy atom. The van der Waals surface area contributed by atoms with Crippen molar-refractivity contribution in [1.82, 2.24) is 4.90 Å². The molecule has 2 aliphatic carbocycles. The summed E-state index contributed by atoms with van der Waals surface area (Å²) in [5, 5.41) is 10.2. The lowest BCUT2D eigenvalue weighted by Crippen LogP contribution is -2.80. The van der Waals surface area contributed by atoms with Gasteiger partial charge in [0.1, 0.15) is 5.54 Å². The summed E-state index contributed by atoms with van der Waals surface area (Å²) in [6, 6.07) is -0.0937. The van der Waals surface area contributed by atoms with Crippen LogP contribution in [0.5, 0.6) is 0 Å². The Bertz CT molecular complexity index is 439. The van der Waals surface area contributed by atoms with Gasteiger partial charge < -0.3 is 20.5 Å². The number of rotatable bonds is 2. The van der Waals surface area contributed by atoms with Gasteiger partial charge in [-0.25, -0.2) is 0 Å². The number of carbonyl (C=O) groups excluding carboxylic acids is 1. The fourth-order valence-corrected chi connectivity index (χ4v) is 4.80. The molecule has 120 valence electrons. The second kappa shape index (κ2) is 4.93.